The first-order chi connectivity index (χ1) is 13.1. The smallest absolute Gasteiger partial charge is 0.236 e. The van der Waals surface area contributed by atoms with Gasteiger partial charge in [0.15, 0.2) is 5.82 Å². The van der Waals surface area contributed by atoms with Gasteiger partial charge < -0.3 is 15.5 Å². The lowest BCUT2D eigenvalue weighted by Crippen LogP contribution is -2.46. The Hall–Kier alpha value is -2.22. The topological polar surface area (TPSA) is 86.3 Å². The van der Waals surface area contributed by atoms with E-state index in [0.717, 1.165) is 31.4 Å². The van der Waals surface area contributed by atoms with Gasteiger partial charge in [-0.1, -0.05) is 30.8 Å². The van der Waals surface area contributed by atoms with Crippen molar-refractivity contribution < 1.29 is 9.53 Å². The summed E-state index contributed by atoms with van der Waals surface area (Å²) in [4.78, 5) is 15.0. The first-order valence-electron chi connectivity index (χ1n) is 9.37. The van der Waals surface area contributed by atoms with Gasteiger partial charge >= 0.3 is 0 Å². The molecule has 1 aliphatic rings. The van der Waals surface area contributed by atoms with Crippen LogP contribution < -0.4 is 10.6 Å². The molecule has 0 radical (unpaired) electrons. The van der Waals surface area contributed by atoms with E-state index in [1.807, 2.05) is 36.1 Å². The number of thioether (sulfide) groups is 1. The number of rotatable bonds is 6. The van der Waals surface area contributed by atoms with Crippen molar-refractivity contribution in [2.75, 3.05) is 19.5 Å². The number of amides is 1. The third-order valence-electron chi connectivity index (χ3n) is 5.02. The van der Waals surface area contributed by atoms with Gasteiger partial charge in [0.05, 0.1) is 17.9 Å². The van der Waals surface area contributed by atoms with Gasteiger partial charge in [-0.25, -0.2) is 4.68 Å². The molecular weight excluding hydrogens is 362 g/mol. The van der Waals surface area contributed by atoms with Crippen LogP contribution in [0.25, 0.3) is 11.4 Å². The summed E-state index contributed by atoms with van der Waals surface area (Å²) in [5.41, 5.74) is 0.767. The highest BCUT2D eigenvalue weighted by Gasteiger charge is 2.30. The fourth-order valence-corrected chi connectivity index (χ4v) is 4.37. The van der Waals surface area contributed by atoms with E-state index >= 15 is 0 Å². The molecule has 0 bridgehead atoms. The Bertz CT molecular complexity index is 794. The normalized spacial score (nSPS) is 18.3. The van der Waals surface area contributed by atoms with Crippen LogP contribution in [0.5, 0.6) is 5.75 Å². The van der Waals surface area contributed by atoms with Crippen molar-refractivity contribution in [3.8, 4) is 17.1 Å². The van der Waals surface area contributed by atoms with Gasteiger partial charge in [-0.05, 0) is 44.7 Å². The molecule has 2 aromatic rings. The summed E-state index contributed by atoms with van der Waals surface area (Å²) < 4.78 is 6.81. The molecule has 1 fully saturated rings. The van der Waals surface area contributed by atoms with Crippen molar-refractivity contribution in [2.24, 2.45) is 0 Å². The number of benzene rings is 1. The van der Waals surface area contributed by atoms with E-state index in [4.69, 9.17) is 10.6 Å². The van der Waals surface area contributed by atoms with Crippen LogP contribution in [0.1, 0.15) is 39.5 Å². The average Bonchev–Trinajstić information content (AvgIpc) is 3.07. The summed E-state index contributed by atoms with van der Waals surface area (Å²) in [5, 5.41) is 8.66. The number of likely N-dealkylation sites (tertiary alicyclic amines) is 1. The van der Waals surface area contributed by atoms with E-state index in [2.05, 4.69) is 17.1 Å². The van der Waals surface area contributed by atoms with E-state index in [-0.39, 0.29) is 11.2 Å². The minimum Gasteiger partial charge on any atom is -0.496 e. The minimum atomic E-state index is -0.269. The first-order valence-corrected chi connectivity index (χ1v) is 10.3. The Morgan fingerprint density at radius 2 is 2.15 bits per heavy atom. The quantitative estimate of drug-likeness (QED) is 0.604. The second kappa shape index (κ2) is 8.65. The maximum atomic E-state index is 12.9. The highest BCUT2D eigenvalue weighted by Crippen LogP contribution is 2.31. The van der Waals surface area contributed by atoms with E-state index in [0.29, 0.717) is 22.8 Å². The van der Waals surface area contributed by atoms with E-state index < -0.39 is 0 Å². The number of carbonyl (C=O) groups is 1. The Morgan fingerprint density at radius 1 is 1.37 bits per heavy atom. The summed E-state index contributed by atoms with van der Waals surface area (Å²) in [6.45, 7) is 4.89. The lowest BCUT2D eigenvalue weighted by molar-refractivity contribution is -0.134. The minimum absolute atomic E-state index is 0.147. The van der Waals surface area contributed by atoms with E-state index in [1.54, 1.807) is 7.11 Å². The standard InChI is InChI=1S/C19H27N5O2S/c1-4-14-9-7-8-12-23(14)18(25)13(2)27-19-22-21-17(24(19)20)15-10-5-6-11-16(15)26-3/h5-6,10-11,13-14H,4,7-9,12,20H2,1-3H3. The molecule has 0 aliphatic carbocycles. The van der Waals surface area contributed by atoms with Gasteiger partial charge in [-0.2, -0.15) is 0 Å². The first kappa shape index (κ1) is 19.5. The highest BCUT2D eigenvalue weighted by molar-refractivity contribution is 8.00. The fourth-order valence-electron chi connectivity index (χ4n) is 3.53. The van der Waals surface area contributed by atoms with Crippen LogP contribution in [0.2, 0.25) is 0 Å². The SMILES string of the molecule is CCC1CCCCN1C(=O)C(C)Sc1nnc(-c2ccccc2OC)n1N. The number of hydrogen-bond acceptors (Lipinski definition) is 6. The second-order valence-corrected chi connectivity index (χ2v) is 8.03. The Balaban J connectivity index is 1.76. The number of nitrogens with two attached hydrogens (primary N) is 1. The molecule has 1 aromatic heterocycles. The van der Waals surface area contributed by atoms with Crippen LogP contribution in [0.15, 0.2) is 29.4 Å². The number of nitrogen functional groups attached to an aromatic ring is 1. The van der Waals surface area contributed by atoms with Gasteiger partial charge in [0.1, 0.15) is 5.75 Å². The summed E-state index contributed by atoms with van der Waals surface area (Å²) in [5.74, 6) is 7.57. The van der Waals surface area contributed by atoms with Crippen LogP contribution in [0, 0.1) is 0 Å². The number of carbonyl (C=O) groups excluding carboxylic acids is 1. The molecule has 8 heteroatoms. The number of hydrogen-bond donors (Lipinski definition) is 1. The van der Waals surface area contributed by atoms with Gasteiger partial charge in [0, 0.05) is 12.6 Å². The number of nitrogens with zero attached hydrogens (tertiary/aromatic N) is 4. The van der Waals surface area contributed by atoms with Gasteiger partial charge in [0.25, 0.3) is 0 Å². The van der Waals surface area contributed by atoms with Crippen molar-refractivity contribution in [1.29, 1.82) is 0 Å². The molecule has 2 heterocycles. The molecule has 0 saturated carbocycles. The number of ether oxygens (including phenoxy) is 1. The molecule has 27 heavy (non-hydrogen) atoms. The zero-order valence-corrected chi connectivity index (χ0v) is 16.9. The van der Waals surface area contributed by atoms with Crippen LogP contribution in [-0.4, -0.2) is 50.6 Å². The summed E-state index contributed by atoms with van der Waals surface area (Å²) in [6.07, 6.45) is 4.35. The lowest BCUT2D eigenvalue weighted by Gasteiger charge is -2.36. The van der Waals surface area contributed by atoms with Crippen LogP contribution in [0.3, 0.4) is 0 Å². The molecule has 1 aliphatic heterocycles. The fraction of sp³-hybridized carbons (Fsp3) is 0.526. The predicted octanol–water partition coefficient (Wildman–Crippen LogP) is 2.94. The highest BCUT2D eigenvalue weighted by atomic mass is 32.2. The molecular formula is C19H27N5O2S. The molecule has 0 spiro atoms. The third-order valence-corrected chi connectivity index (χ3v) is 6.07. The maximum Gasteiger partial charge on any atom is 0.236 e. The average molecular weight is 390 g/mol. The molecule has 2 atom stereocenters. The van der Waals surface area contributed by atoms with Crippen LogP contribution in [-0.2, 0) is 4.79 Å². The zero-order chi connectivity index (χ0) is 19.4. The van der Waals surface area contributed by atoms with Crippen molar-refractivity contribution in [2.45, 2.75) is 56.0 Å². The number of piperidine rings is 1. The van der Waals surface area contributed by atoms with E-state index in [9.17, 15) is 4.79 Å². The van der Waals surface area contributed by atoms with Gasteiger partial charge in [-0.3, -0.25) is 4.79 Å². The van der Waals surface area contributed by atoms with Crippen molar-refractivity contribution in [3.63, 3.8) is 0 Å². The molecule has 1 saturated heterocycles. The number of para-hydroxylation sites is 1. The maximum absolute atomic E-state index is 12.9. The molecule has 1 aromatic carbocycles. The van der Waals surface area contributed by atoms with Crippen molar-refractivity contribution in [3.05, 3.63) is 24.3 Å². The Morgan fingerprint density at radius 3 is 2.89 bits per heavy atom. The summed E-state index contributed by atoms with van der Waals surface area (Å²) in [6, 6.07) is 7.86. The molecule has 146 valence electrons. The summed E-state index contributed by atoms with van der Waals surface area (Å²) >= 11 is 1.35. The number of aromatic nitrogens is 3. The molecule has 2 unspecified atom stereocenters. The second-order valence-electron chi connectivity index (χ2n) is 6.73. The third kappa shape index (κ3) is 4.05. The molecule has 7 nitrogen and oxygen atoms in total. The molecule has 3 rings (SSSR count). The molecule has 2 N–H and O–H groups in total. The predicted molar refractivity (Wildman–Crippen MR) is 107 cm³/mol. The van der Waals surface area contributed by atoms with Crippen LogP contribution in [0.4, 0.5) is 0 Å². The lowest BCUT2D eigenvalue weighted by atomic mass is 10.00. The zero-order valence-electron chi connectivity index (χ0n) is 16.1. The Labute approximate surface area is 164 Å². The van der Waals surface area contributed by atoms with Crippen LogP contribution >= 0.6 is 11.8 Å². The van der Waals surface area contributed by atoms with E-state index in [1.165, 1.54) is 22.9 Å². The van der Waals surface area contributed by atoms with Gasteiger partial charge in [-0.15, -0.1) is 10.2 Å². The van der Waals surface area contributed by atoms with Crippen molar-refractivity contribution in [1.82, 2.24) is 19.8 Å². The number of methoxy groups -OCH3 is 1. The largest absolute Gasteiger partial charge is 0.496 e. The van der Waals surface area contributed by atoms with Gasteiger partial charge in [0.2, 0.25) is 11.1 Å². The van der Waals surface area contributed by atoms with Crippen molar-refractivity contribution >= 4 is 17.7 Å². The Kier molecular flexibility index (Phi) is 6.26. The summed E-state index contributed by atoms with van der Waals surface area (Å²) in [7, 11) is 1.61. The molecule has 1 amide bonds. The monoisotopic (exact) mass is 389 g/mol.